The minimum Gasteiger partial charge on any atom is -0.449 e. The third-order valence-corrected chi connectivity index (χ3v) is 3.68. The zero-order chi connectivity index (χ0) is 20.0. The van der Waals surface area contributed by atoms with Gasteiger partial charge in [-0.3, -0.25) is 30.6 Å². The summed E-state index contributed by atoms with van der Waals surface area (Å²) < 4.78 is 4.96. The predicted molar refractivity (Wildman–Crippen MR) is 95.0 cm³/mol. The number of non-ortho nitro benzene ring substituents is 1. The molecule has 2 aromatic carbocycles. The summed E-state index contributed by atoms with van der Waals surface area (Å²) in [6.07, 6.45) is -1.25. The van der Waals surface area contributed by atoms with Gasteiger partial charge in [0.2, 0.25) is 0 Å². The van der Waals surface area contributed by atoms with Gasteiger partial charge in [0.05, 0.1) is 15.5 Å². The topological polar surface area (TPSA) is 128 Å². The molecule has 9 nitrogen and oxygen atoms in total. The maximum atomic E-state index is 12.1. The molecule has 0 radical (unpaired) electrons. The molecule has 140 valence electrons. The Hall–Kier alpha value is -3.46. The maximum Gasteiger partial charge on any atom is 0.340 e. The molecule has 27 heavy (non-hydrogen) atoms. The molecule has 2 aromatic rings. The fourth-order valence-corrected chi connectivity index (χ4v) is 2.19. The van der Waals surface area contributed by atoms with Crippen LogP contribution < -0.4 is 10.9 Å². The Morgan fingerprint density at radius 3 is 2.37 bits per heavy atom. The van der Waals surface area contributed by atoms with Crippen molar-refractivity contribution in [2.45, 2.75) is 13.0 Å². The van der Waals surface area contributed by atoms with Gasteiger partial charge in [0.15, 0.2) is 6.10 Å². The van der Waals surface area contributed by atoms with Crippen LogP contribution in [-0.2, 0) is 9.53 Å². The smallest absolute Gasteiger partial charge is 0.340 e. The van der Waals surface area contributed by atoms with Crippen LogP contribution >= 0.6 is 11.6 Å². The molecule has 0 bridgehead atoms. The molecule has 0 heterocycles. The van der Waals surface area contributed by atoms with E-state index in [1.165, 1.54) is 6.92 Å². The number of hydrogen-bond acceptors (Lipinski definition) is 6. The monoisotopic (exact) mass is 391 g/mol. The molecule has 2 amide bonds. The number of nitrogens with one attached hydrogen (secondary N) is 2. The minimum atomic E-state index is -1.25. The van der Waals surface area contributed by atoms with Gasteiger partial charge in [0.1, 0.15) is 0 Å². The lowest BCUT2D eigenvalue weighted by atomic mass is 10.2. The summed E-state index contributed by atoms with van der Waals surface area (Å²) in [5.41, 5.74) is 4.25. The van der Waals surface area contributed by atoms with Crippen LogP contribution in [-0.4, -0.2) is 28.8 Å². The van der Waals surface area contributed by atoms with Gasteiger partial charge in [-0.2, -0.15) is 0 Å². The molecule has 0 fully saturated rings. The van der Waals surface area contributed by atoms with Crippen molar-refractivity contribution in [2.75, 3.05) is 0 Å². The molecule has 0 unspecified atom stereocenters. The first-order chi connectivity index (χ1) is 12.8. The van der Waals surface area contributed by atoms with Crippen LogP contribution in [0.15, 0.2) is 48.5 Å². The summed E-state index contributed by atoms with van der Waals surface area (Å²) in [4.78, 5) is 45.9. The largest absolute Gasteiger partial charge is 0.449 e. The fourth-order valence-electron chi connectivity index (χ4n) is 1.94. The van der Waals surface area contributed by atoms with Gasteiger partial charge < -0.3 is 4.74 Å². The van der Waals surface area contributed by atoms with E-state index in [-0.39, 0.29) is 16.3 Å². The molecular weight excluding hydrogens is 378 g/mol. The number of esters is 1. The summed E-state index contributed by atoms with van der Waals surface area (Å²) in [5, 5.41) is 10.5. The number of nitrogens with zero attached hydrogens (tertiary/aromatic N) is 1. The van der Waals surface area contributed by atoms with Gasteiger partial charge in [-0.15, -0.1) is 0 Å². The lowest BCUT2D eigenvalue weighted by Gasteiger charge is -2.14. The van der Waals surface area contributed by atoms with E-state index >= 15 is 0 Å². The van der Waals surface area contributed by atoms with E-state index in [0.717, 1.165) is 18.2 Å². The molecule has 1 atom stereocenters. The van der Waals surface area contributed by atoms with E-state index in [4.69, 9.17) is 16.3 Å². The summed E-state index contributed by atoms with van der Waals surface area (Å²) in [5.74, 6) is -2.25. The first-order valence-corrected chi connectivity index (χ1v) is 7.97. The summed E-state index contributed by atoms with van der Waals surface area (Å²) in [6, 6.07) is 11.4. The van der Waals surface area contributed by atoms with Gasteiger partial charge in [-0.1, -0.05) is 29.8 Å². The number of halogens is 1. The van der Waals surface area contributed by atoms with E-state index in [2.05, 4.69) is 10.9 Å². The molecular formula is C17H14ClN3O6. The van der Waals surface area contributed by atoms with Crippen molar-refractivity contribution >= 4 is 35.1 Å². The van der Waals surface area contributed by atoms with Crippen molar-refractivity contribution in [3.05, 3.63) is 74.8 Å². The molecule has 0 aliphatic carbocycles. The zero-order valence-electron chi connectivity index (χ0n) is 14.0. The number of nitro benzene ring substituents is 1. The van der Waals surface area contributed by atoms with Gasteiger partial charge in [-0.25, -0.2) is 4.79 Å². The summed E-state index contributed by atoms with van der Waals surface area (Å²) in [7, 11) is 0. The number of ether oxygens (including phenoxy) is 1. The highest BCUT2D eigenvalue weighted by Gasteiger charge is 2.22. The Kier molecular flexibility index (Phi) is 6.45. The SMILES string of the molecule is C[C@H](OC(=O)c1ccc([N+](=O)[O-])cc1Cl)C(=O)NNC(=O)c1ccccc1. The van der Waals surface area contributed by atoms with Gasteiger partial charge >= 0.3 is 5.97 Å². The van der Waals surface area contributed by atoms with Gasteiger partial charge in [0, 0.05) is 17.7 Å². The Morgan fingerprint density at radius 2 is 1.78 bits per heavy atom. The van der Waals surface area contributed by atoms with Crippen molar-refractivity contribution < 1.29 is 24.0 Å². The second kappa shape index (κ2) is 8.77. The van der Waals surface area contributed by atoms with Crippen LogP contribution in [0.5, 0.6) is 0 Å². The van der Waals surface area contributed by atoms with Gasteiger partial charge in [0.25, 0.3) is 17.5 Å². The van der Waals surface area contributed by atoms with Crippen molar-refractivity contribution in [1.82, 2.24) is 10.9 Å². The number of hydrazine groups is 1. The number of rotatable bonds is 5. The van der Waals surface area contributed by atoms with Gasteiger partial charge in [-0.05, 0) is 25.1 Å². The number of hydrogen-bond donors (Lipinski definition) is 2. The van der Waals surface area contributed by atoms with Crippen molar-refractivity contribution in [3.8, 4) is 0 Å². The maximum absolute atomic E-state index is 12.1. The van der Waals surface area contributed by atoms with Crippen LogP contribution in [0.4, 0.5) is 5.69 Å². The van der Waals surface area contributed by atoms with Crippen molar-refractivity contribution in [3.63, 3.8) is 0 Å². The molecule has 10 heteroatoms. The van der Waals surface area contributed by atoms with Crippen molar-refractivity contribution in [2.24, 2.45) is 0 Å². The Morgan fingerprint density at radius 1 is 1.11 bits per heavy atom. The first kappa shape index (κ1) is 19.9. The molecule has 0 spiro atoms. The molecule has 0 aromatic heterocycles. The summed E-state index contributed by atoms with van der Waals surface area (Å²) >= 11 is 5.84. The van der Waals surface area contributed by atoms with Crippen molar-refractivity contribution in [1.29, 1.82) is 0 Å². The average Bonchev–Trinajstić information content (AvgIpc) is 2.66. The second-order valence-electron chi connectivity index (χ2n) is 5.28. The van der Waals surface area contributed by atoms with E-state index in [9.17, 15) is 24.5 Å². The number of carbonyl (C=O) groups excluding carboxylic acids is 3. The fraction of sp³-hybridized carbons (Fsp3) is 0.118. The van der Waals surface area contributed by atoms with Crippen LogP contribution in [0.3, 0.4) is 0 Å². The van der Waals surface area contributed by atoms with E-state index in [0.29, 0.717) is 5.56 Å². The molecule has 0 aliphatic heterocycles. The predicted octanol–water partition coefficient (Wildman–Crippen LogP) is 2.25. The normalized spacial score (nSPS) is 11.2. The third kappa shape index (κ3) is 5.25. The standard InChI is InChI=1S/C17H14ClN3O6/c1-10(15(22)19-20-16(23)11-5-3-2-4-6-11)27-17(24)13-8-7-12(21(25)26)9-14(13)18/h2-10H,1H3,(H,19,22)(H,20,23)/t10-/m0/s1. The van der Waals surface area contributed by atoms with E-state index in [1.807, 2.05) is 0 Å². The van der Waals surface area contributed by atoms with E-state index < -0.39 is 28.8 Å². The highest BCUT2D eigenvalue weighted by molar-refractivity contribution is 6.33. The highest BCUT2D eigenvalue weighted by Crippen LogP contribution is 2.23. The Bertz CT molecular complexity index is 887. The molecule has 2 rings (SSSR count). The second-order valence-corrected chi connectivity index (χ2v) is 5.69. The minimum absolute atomic E-state index is 0.129. The molecule has 2 N–H and O–H groups in total. The molecule has 0 saturated heterocycles. The number of carbonyl (C=O) groups is 3. The Balaban J connectivity index is 1.93. The molecule has 0 aliphatic rings. The Labute approximate surface area is 158 Å². The average molecular weight is 392 g/mol. The number of nitro groups is 1. The van der Waals surface area contributed by atoms with Crippen LogP contribution in [0.25, 0.3) is 0 Å². The number of amides is 2. The van der Waals surface area contributed by atoms with Crippen LogP contribution in [0.1, 0.15) is 27.6 Å². The lowest BCUT2D eigenvalue weighted by molar-refractivity contribution is -0.384. The van der Waals surface area contributed by atoms with Crippen LogP contribution in [0, 0.1) is 10.1 Å². The molecule has 0 saturated carbocycles. The quantitative estimate of drug-likeness (QED) is 0.457. The summed E-state index contributed by atoms with van der Waals surface area (Å²) in [6.45, 7) is 1.29. The lowest BCUT2D eigenvalue weighted by Crippen LogP contribution is -2.46. The third-order valence-electron chi connectivity index (χ3n) is 3.37. The van der Waals surface area contributed by atoms with E-state index in [1.54, 1.807) is 30.3 Å². The number of benzene rings is 2. The highest BCUT2D eigenvalue weighted by atomic mass is 35.5. The zero-order valence-corrected chi connectivity index (χ0v) is 14.7. The first-order valence-electron chi connectivity index (χ1n) is 7.59. The van der Waals surface area contributed by atoms with Crippen LogP contribution in [0.2, 0.25) is 5.02 Å².